The van der Waals surface area contributed by atoms with Crippen LogP contribution in [-0.4, -0.2) is 30.5 Å². The van der Waals surface area contributed by atoms with Crippen LogP contribution in [0.1, 0.15) is 11.1 Å². The average molecular weight is 409 g/mol. The predicted molar refractivity (Wildman–Crippen MR) is 110 cm³/mol. The molecule has 9 heteroatoms. The summed E-state index contributed by atoms with van der Waals surface area (Å²) in [6, 6.07) is 12.7. The number of anilines is 1. The maximum Gasteiger partial charge on any atom is 0.284 e. The Morgan fingerprint density at radius 2 is 2.00 bits per heavy atom. The second-order valence-electron chi connectivity index (χ2n) is 6.70. The molecule has 0 saturated carbocycles. The van der Waals surface area contributed by atoms with E-state index in [4.69, 9.17) is 11.6 Å². The maximum atomic E-state index is 12.7. The molecule has 2 aromatic carbocycles. The second-order valence-corrected chi connectivity index (χ2v) is 7.13. The number of hydrogen-bond acceptors (Lipinski definition) is 5. The van der Waals surface area contributed by atoms with E-state index in [0.717, 1.165) is 11.1 Å². The van der Waals surface area contributed by atoms with Gasteiger partial charge in [-0.1, -0.05) is 40.6 Å². The van der Waals surface area contributed by atoms with E-state index >= 15 is 0 Å². The maximum absolute atomic E-state index is 12.7. The van der Waals surface area contributed by atoms with Crippen LogP contribution in [0, 0.1) is 13.8 Å². The summed E-state index contributed by atoms with van der Waals surface area (Å²) in [5.74, 6) is -0.331. The standard InChI is InChI=1S/C20H17ClN6O2/c1-12-6-7-16(13(2)8-12)23-17(28)10-26-11-22-19-18(20(26)29)24-25-27(19)15-5-3-4-14(21)9-15/h3-9,11H,10H2,1-2H3,(H,23,28). The first kappa shape index (κ1) is 18.8. The summed E-state index contributed by atoms with van der Waals surface area (Å²) in [6.45, 7) is 3.71. The minimum atomic E-state index is -0.445. The van der Waals surface area contributed by atoms with E-state index in [1.807, 2.05) is 32.0 Å². The number of fused-ring (bicyclic) bond motifs is 1. The second kappa shape index (κ2) is 7.48. The number of rotatable bonds is 4. The largest absolute Gasteiger partial charge is 0.324 e. The molecule has 29 heavy (non-hydrogen) atoms. The molecule has 146 valence electrons. The number of nitrogens with one attached hydrogen (secondary N) is 1. The van der Waals surface area contributed by atoms with Crippen LogP contribution in [0.2, 0.25) is 5.02 Å². The molecule has 2 heterocycles. The van der Waals surface area contributed by atoms with Crippen LogP contribution in [0.5, 0.6) is 0 Å². The molecule has 0 fully saturated rings. The first-order valence-corrected chi connectivity index (χ1v) is 9.24. The molecule has 2 aromatic heterocycles. The topological polar surface area (TPSA) is 94.7 Å². The molecule has 0 radical (unpaired) electrons. The quantitative estimate of drug-likeness (QED) is 0.560. The Hall–Kier alpha value is -3.52. The Morgan fingerprint density at radius 1 is 1.17 bits per heavy atom. The van der Waals surface area contributed by atoms with Crippen molar-refractivity contribution in [2.75, 3.05) is 5.32 Å². The Labute approximate surface area is 170 Å². The summed E-state index contributed by atoms with van der Waals surface area (Å²) >= 11 is 6.02. The normalized spacial score (nSPS) is 11.0. The fraction of sp³-hybridized carbons (Fsp3) is 0.150. The van der Waals surface area contributed by atoms with E-state index in [0.29, 0.717) is 22.0 Å². The number of amides is 1. The van der Waals surface area contributed by atoms with E-state index in [2.05, 4.69) is 20.6 Å². The summed E-state index contributed by atoms with van der Waals surface area (Å²) in [5.41, 5.74) is 3.32. The van der Waals surface area contributed by atoms with Gasteiger partial charge < -0.3 is 5.32 Å². The molecule has 0 aliphatic carbocycles. The van der Waals surface area contributed by atoms with Gasteiger partial charge in [-0.25, -0.2) is 4.98 Å². The van der Waals surface area contributed by atoms with Crippen molar-refractivity contribution in [3.8, 4) is 5.69 Å². The molecule has 0 bridgehead atoms. The van der Waals surface area contributed by atoms with Gasteiger partial charge in [0.05, 0.1) is 5.69 Å². The lowest BCUT2D eigenvalue weighted by atomic mass is 10.1. The molecule has 0 aliphatic rings. The van der Waals surface area contributed by atoms with Crippen LogP contribution in [0.15, 0.2) is 53.6 Å². The van der Waals surface area contributed by atoms with Gasteiger partial charge in [-0.15, -0.1) is 5.10 Å². The van der Waals surface area contributed by atoms with Gasteiger partial charge in [-0.3, -0.25) is 14.2 Å². The Morgan fingerprint density at radius 3 is 2.76 bits per heavy atom. The molecule has 1 amide bonds. The van der Waals surface area contributed by atoms with Crippen LogP contribution in [-0.2, 0) is 11.3 Å². The number of halogens is 1. The SMILES string of the molecule is Cc1ccc(NC(=O)Cn2cnc3c(nnn3-c3cccc(Cl)c3)c2=O)c(C)c1. The highest BCUT2D eigenvalue weighted by Crippen LogP contribution is 2.17. The van der Waals surface area contributed by atoms with E-state index in [1.165, 1.54) is 15.6 Å². The Kier molecular flexibility index (Phi) is 4.85. The van der Waals surface area contributed by atoms with Crippen LogP contribution >= 0.6 is 11.6 Å². The number of nitrogens with zero attached hydrogens (tertiary/aromatic N) is 5. The van der Waals surface area contributed by atoms with Crippen molar-refractivity contribution in [3.63, 3.8) is 0 Å². The number of hydrogen-bond donors (Lipinski definition) is 1. The van der Waals surface area contributed by atoms with Crippen molar-refractivity contribution in [1.82, 2.24) is 24.5 Å². The van der Waals surface area contributed by atoms with E-state index in [1.54, 1.807) is 24.3 Å². The minimum absolute atomic E-state index is 0.0757. The first-order valence-electron chi connectivity index (χ1n) is 8.86. The van der Waals surface area contributed by atoms with Gasteiger partial charge in [0.1, 0.15) is 12.9 Å². The summed E-state index contributed by atoms with van der Waals surface area (Å²) in [5, 5.41) is 11.3. The van der Waals surface area contributed by atoms with Crippen molar-refractivity contribution in [3.05, 3.63) is 75.3 Å². The molecule has 0 spiro atoms. The van der Waals surface area contributed by atoms with Crippen LogP contribution in [0.4, 0.5) is 5.69 Å². The molecular formula is C20H17ClN6O2. The monoisotopic (exact) mass is 408 g/mol. The summed E-state index contributed by atoms with van der Waals surface area (Å²) in [7, 11) is 0. The predicted octanol–water partition coefficient (Wildman–Crippen LogP) is 2.89. The van der Waals surface area contributed by atoms with Gasteiger partial charge in [-0.05, 0) is 43.7 Å². The Balaban J connectivity index is 1.61. The van der Waals surface area contributed by atoms with Crippen molar-refractivity contribution in [1.29, 1.82) is 0 Å². The zero-order chi connectivity index (χ0) is 20.5. The van der Waals surface area contributed by atoms with Crippen molar-refractivity contribution < 1.29 is 4.79 Å². The summed E-state index contributed by atoms with van der Waals surface area (Å²) < 4.78 is 2.64. The fourth-order valence-corrected chi connectivity index (χ4v) is 3.22. The third kappa shape index (κ3) is 3.74. The van der Waals surface area contributed by atoms with E-state index in [9.17, 15) is 9.59 Å². The number of carbonyl (C=O) groups is 1. The highest BCUT2D eigenvalue weighted by atomic mass is 35.5. The van der Waals surface area contributed by atoms with E-state index in [-0.39, 0.29) is 18.0 Å². The number of aryl methyl sites for hydroxylation is 2. The molecule has 4 rings (SSSR count). The highest BCUT2D eigenvalue weighted by Gasteiger charge is 2.15. The Bertz CT molecular complexity index is 1290. The lowest BCUT2D eigenvalue weighted by molar-refractivity contribution is -0.116. The van der Waals surface area contributed by atoms with Gasteiger partial charge in [0.2, 0.25) is 5.91 Å². The average Bonchev–Trinajstić information content (AvgIpc) is 3.11. The van der Waals surface area contributed by atoms with Crippen molar-refractivity contribution in [2.24, 2.45) is 0 Å². The highest BCUT2D eigenvalue weighted by molar-refractivity contribution is 6.30. The molecule has 0 unspecified atom stereocenters. The smallest absolute Gasteiger partial charge is 0.284 e. The zero-order valence-electron chi connectivity index (χ0n) is 15.8. The molecule has 4 aromatic rings. The summed E-state index contributed by atoms with van der Waals surface area (Å²) in [6.07, 6.45) is 1.32. The fourth-order valence-electron chi connectivity index (χ4n) is 3.04. The lowest BCUT2D eigenvalue weighted by Crippen LogP contribution is -2.28. The summed E-state index contributed by atoms with van der Waals surface area (Å²) in [4.78, 5) is 29.4. The van der Waals surface area contributed by atoms with E-state index < -0.39 is 5.56 Å². The molecule has 0 saturated heterocycles. The van der Waals surface area contributed by atoms with Gasteiger partial charge in [0, 0.05) is 10.7 Å². The van der Waals surface area contributed by atoms with Crippen LogP contribution in [0.25, 0.3) is 16.9 Å². The third-order valence-electron chi connectivity index (χ3n) is 4.45. The van der Waals surface area contributed by atoms with Gasteiger partial charge >= 0.3 is 0 Å². The number of benzene rings is 2. The minimum Gasteiger partial charge on any atom is -0.324 e. The van der Waals surface area contributed by atoms with Gasteiger partial charge in [0.25, 0.3) is 5.56 Å². The molecule has 1 N–H and O–H groups in total. The zero-order valence-corrected chi connectivity index (χ0v) is 16.5. The number of carbonyl (C=O) groups excluding carboxylic acids is 1. The molecular weight excluding hydrogens is 392 g/mol. The van der Waals surface area contributed by atoms with Crippen LogP contribution < -0.4 is 10.9 Å². The van der Waals surface area contributed by atoms with Gasteiger partial charge in [-0.2, -0.15) is 4.68 Å². The lowest BCUT2D eigenvalue weighted by Gasteiger charge is -2.10. The van der Waals surface area contributed by atoms with Crippen LogP contribution in [0.3, 0.4) is 0 Å². The van der Waals surface area contributed by atoms with Gasteiger partial charge in [0.15, 0.2) is 11.2 Å². The number of aromatic nitrogens is 5. The molecule has 8 nitrogen and oxygen atoms in total. The third-order valence-corrected chi connectivity index (χ3v) is 4.69. The molecule has 0 aliphatic heterocycles. The van der Waals surface area contributed by atoms with Crippen molar-refractivity contribution >= 4 is 34.4 Å². The first-order chi connectivity index (χ1) is 13.9. The molecule has 0 atom stereocenters. The van der Waals surface area contributed by atoms with Crippen molar-refractivity contribution in [2.45, 2.75) is 20.4 Å².